The molecule has 0 aromatic heterocycles. The smallest absolute Gasteiger partial charge is 0.438 e. The number of carbonyl (C=O) groups excluding carboxylic acids is 1. The summed E-state index contributed by atoms with van der Waals surface area (Å²) in [5, 5.41) is 0. The van der Waals surface area contributed by atoms with Crippen LogP contribution in [0.1, 0.15) is 65.7 Å². The summed E-state index contributed by atoms with van der Waals surface area (Å²) < 4.78 is 113. The van der Waals surface area contributed by atoms with Crippen molar-refractivity contribution in [3.63, 3.8) is 0 Å². The van der Waals surface area contributed by atoms with Gasteiger partial charge in [-0.3, -0.25) is 9.35 Å². The molecule has 1 N–H and O–H groups in total. The van der Waals surface area contributed by atoms with Crippen LogP contribution < -0.4 is 0 Å². The highest BCUT2D eigenvalue weighted by atomic mass is 32.2. The van der Waals surface area contributed by atoms with Gasteiger partial charge in [0.25, 0.3) is 10.1 Å². The summed E-state index contributed by atoms with van der Waals surface area (Å²) in [5.41, 5.74) is -5.33. The normalized spacial score (nSPS) is 14.9. The first kappa shape index (κ1) is 28.0. The second-order valence-corrected chi connectivity index (χ2v) is 8.87. The SMILES string of the molecule is CCCCCCC(CCC(=O)OC(CS(=O)(=O)O)(C(F)(F)F)C(F)(F)F)C(C)C. The molecule has 0 spiro atoms. The summed E-state index contributed by atoms with van der Waals surface area (Å²) in [6, 6.07) is 0. The number of carbonyl (C=O) groups is 1. The average Bonchev–Trinajstić information content (AvgIpc) is 2.49. The minimum absolute atomic E-state index is 0.000292. The van der Waals surface area contributed by atoms with E-state index in [1.54, 1.807) is 0 Å². The highest BCUT2D eigenvalue weighted by Crippen LogP contribution is 2.47. The van der Waals surface area contributed by atoms with Crippen LogP contribution in [0.4, 0.5) is 26.3 Å². The fraction of sp³-hybridized carbons (Fsp3) is 0.941. The number of esters is 1. The van der Waals surface area contributed by atoms with E-state index in [4.69, 9.17) is 4.55 Å². The minimum atomic E-state index is -6.30. The summed E-state index contributed by atoms with van der Waals surface area (Å²) in [7, 11) is -5.77. The maximum atomic E-state index is 13.2. The Morgan fingerprint density at radius 3 is 1.86 bits per heavy atom. The van der Waals surface area contributed by atoms with Crippen LogP contribution in [-0.4, -0.2) is 42.6 Å². The van der Waals surface area contributed by atoms with Crippen molar-refractivity contribution >= 4 is 16.1 Å². The van der Waals surface area contributed by atoms with Gasteiger partial charge in [-0.15, -0.1) is 0 Å². The lowest BCUT2D eigenvalue weighted by Crippen LogP contribution is -2.63. The first-order chi connectivity index (χ1) is 13.0. The lowest BCUT2D eigenvalue weighted by atomic mass is 9.86. The zero-order chi connectivity index (χ0) is 23.1. The Labute approximate surface area is 166 Å². The van der Waals surface area contributed by atoms with Crippen LogP contribution in [0.15, 0.2) is 0 Å². The molecule has 5 nitrogen and oxygen atoms in total. The first-order valence-corrected chi connectivity index (χ1v) is 10.9. The van der Waals surface area contributed by atoms with Crippen LogP contribution in [-0.2, 0) is 19.6 Å². The van der Waals surface area contributed by atoms with Gasteiger partial charge in [-0.25, -0.2) is 0 Å². The zero-order valence-corrected chi connectivity index (χ0v) is 17.4. The Balaban J connectivity index is 5.37. The quantitative estimate of drug-likeness (QED) is 0.186. The number of ether oxygens (including phenoxy) is 1. The van der Waals surface area contributed by atoms with Gasteiger partial charge in [-0.1, -0.05) is 52.9 Å². The molecule has 0 aliphatic rings. The lowest BCUT2D eigenvalue weighted by molar-refractivity contribution is -0.361. The molecule has 1 atom stereocenters. The van der Waals surface area contributed by atoms with Crippen molar-refractivity contribution in [2.75, 3.05) is 5.75 Å². The molecular formula is C17H28F6O5S. The maximum absolute atomic E-state index is 13.2. The molecule has 0 amide bonds. The molecule has 0 rings (SSSR count). The first-order valence-electron chi connectivity index (χ1n) is 9.27. The molecule has 29 heavy (non-hydrogen) atoms. The molecule has 0 bridgehead atoms. The highest BCUT2D eigenvalue weighted by molar-refractivity contribution is 7.85. The summed E-state index contributed by atoms with van der Waals surface area (Å²) in [6.07, 6.45) is -8.97. The van der Waals surface area contributed by atoms with Gasteiger partial charge in [-0.05, 0) is 18.3 Å². The van der Waals surface area contributed by atoms with Crippen LogP contribution in [0.5, 0.6) is 0 Å². The Kier molecular flexibility index (Phi) is 10.4. The van der Waals surface area contributed by atoms with Crippen LogP contribution in [0, 0.1) is 11.8 Å². The molecule has 0 fully saturated rings. The molecule has 0 radical (unpaired) electrons. The number of hydrogen-bond acceptors (Lipinski definition) is 4. The zero-order valence-electron chi connectivity index (χ0n) is 16.6. The molecule has 0 aromatic rings. The van der Waals surface area contributed by atoms with Gasteiger partial charge >= 0.3 is 23.9 Å². The minimum Gasteiger partial charge on any atom is -0.438 e. The van der Waals surface area contributed by atoms with E-state index in [2.05, 4.69) is 4.74 Å². The molecule has 0 saturated heterocycles. The van der Waals surface area contributed by atoms with E-state index in [0.29, 0.717) is 6.42 Å². The Bertz CT molecular complexity index is 599. The second-order valence-electron chi connectivity index (χ2n) is 7.41. The second kappa shape index (κ2) is 10.8. The third-order valence-electron chi connectivity index (χ3n) is 4.68. The van der Waals surface area contributed by atoms with Crippen molar-refractivity contribution in [3.8, 4) is 0 Å². The number of alkyl halides is 6. The van der Waals surface area contributed by atoms with Crippen molar-refractivity contribution in [1.29, 1.82) is 0 Å². The van der Waals surface area contributed by atoms with Crippen molar-refractivity contribution < 1.29 is 48.8 Å². The molecule has 0 aliphatic carbocycles. The summed E-state index contributed by atoms with van der Waals surface area (Å²) >= 11 is 0. The Morgan fingerprint density at radius 1 is 0.966 bits per heavy atom. The van der Waals surface area contributed by atoms with Gasteiger partial charge in [0.2, 0.25) is 0 Å². The summed E-state index contributed by atoms with van der Waals surface area (Å²) in [5.74, 6) is -4.77. The fourth-order valence-corrected chi connectivity index (χ4v) is 3.82. The van der Waals surface area contributed by atoms with Gasteiger partial charge in [-0.2, -0.15) is 34.8 Å². The predicted molar refractivity (Wildman–Crippen MR) is 93.7 cm³/mol. The topological polar surface area (TPSA) is 80.7 Å². The van der Waals surface area contributed by atoms with E-state index in [9.17, 15) is 39.6 Å². The predicted octanol–water partition coefficient (Wildman–Crippen LogP) is 5.30. The maximum Gasteiger partial charge on any atom is 0.438 e. The summed E-state index contributed by atoms with van der Waals surface area (Å²) in [6.45, 7) is 5.66. The monoisotopic (exact) mass is 458 g/mol. The molecular weight excluding hydrogens is 430 g/mol. The molecule has 1 unspecified atom stereocenters. The van der Waals surface area contributed by atoms with Crippen LogP contribution >= 0.6 is 0 Å². The lowest BCUT2D eigenvalue weighted by Gasteiger charge is -2.35. The molecule has 0 aliphatic heterocycles. The van der Waals surface area contributed by atoms with Crippen molar-refractivity contribution in [3.05, 3.63) is 0 Å². The summed E-state index contributed by atoms with van der Waals surface area (Å²) in [4.78, 5) is 11.8. The van der Waals surface area contributed by atoms with Crippen molar-refractivity contribution in [1.82, 2.24) is 0 Å². The molecule has 0 aromatic carbocycles. The van der Waals surface area contributed by atoms with E-state index in [0.717, 1.165) is 25.7 Å². The van der Waals surface area contributed by atoms with Crippen molar-refractivity contribution in [2.24, 2.45) is 11.8 Å². The third-order valence-corrected chi connectivity index (χ3v) is 5.45. The third kappa shape index (κ3) is 9.10. The van der Waals surface area contributed by atoms with E-state index in [-0.39, 0.29) is 18.3 Å². The van der Waals surface area contributed by atoms with Gasteiger partial charge in [0.05, 0.1) is 0 Å². The van der Waals surface area contributed by atoms with E-state index in [1.807, 2.05) is 20.8 Å². The number of rotatable bonds is 12. The molecule has 0 heterocycles. The van der Waals surface area contributed by atoms with Crippen LogP contribution in [0.2, 0.25) is 0 Å². The van der Waals surface area contributed by atoms with Gasteiger partial charge < -0.3 is 4.74 Å². The number of halogens is 6. The van der Waals surface area contributed by atoms with Crippen molar-refractivity contribution in [2.45, 2.75) is 83.7 Å². The van der Waals surface area contributed by atoms with E-state index >= 15 is 0 Å². The van der Waals surface area contributed by atoms with E-state index < -0.39 is 46.2 Å². The van der Waals surface area contributed by atoms with Crippen LogP contribution in [0.25, 0.3) is 0 Å². The van der Waals surface area contributed by atoms with Gasteiger partial charge in [0.15, 0.2) is 0 Å². The van der Waals surface area contributed by atoms with Crippen LogP contribution in [0.3, 0.4) is 0 Å². The fourth-order valence-electron chi connectivity index (χ4n) is 2.92. The standard InChI is InChI=1S/C17H28F6O5S/c1-4-5-6-7-8-13(12(2)3)9-10-14(24)28-15(16(18,19)20,17(21,22)23)11-29(25,26)27/h12-13H,4-11H2,1-3H3,(H,25,26,27). The number of unbranched alkanes of at least 4 members (excludes halogenated alkanes) is 3. The highest BCUT2D eigenvalue weighted by Gasteiger charge is 2.75. The molecule has 12 heteroatoms. The van der Waals surface area contributed by atoms with Gasteiger partial charge in [0.1, 0.15) is 5.75 Å². The molecule has 174 valence electrons. The largest absolute Gasteiger partial charge is 0.438 e. The molecule has 0 saturated carbocycles. The van der Waals surface area contributed by atoms with E-state index in [1.165, 1.54) is 0 Å². The Morgan fingerprint density at radius 2 is 1.48 bits per heavy atom. The number of hydrogen-bond donors (Lipinski definition) is 1. The average molecular weight is 458 g/mol. The Hall–Kier alpha value is -1.04. The van der Waals surface area contributed by atoms with Gasteiger partial charge in [0, 0.05) is 6.42 Å².